The first-order valence-electron chi connectivity index (χ1n) is 14.7. The molecule has 8 aromatic rings. The standard InChI is InChI=1S/C39H26BNO2/c42-40(43)29-21-25-19-20-26-22-30(41-35-17-9-7-15-31(35)32-16-8-10-18-36(32)41)24-34-38(26)37(25)33(23-29)39(34,27-11-3-1-4-12-27)28-13-5-2-6-14-28/h1-24,42-43H. The highest BCUT2D eigenvalue weighted by Gasteiger charge is 2.46. The normalized spacial score (nSPS) is 13.5. The van der Waals surface area contributed by atoms with E-state index in [9.17, 15) is 10.0 Å². The summed E-state index contributed by atoms with van der Waals surface area (Å²) < 4.78 is 2.39. The molecule has 1 heterocycles. The SMILES string of the molecule is OB(O)c1cc2c3c(ccc4cc(-n5c6ccccc6c6ccccc65)cc(c43)C2(c2ccccc2)c2ccccc2)c1. The maximum absolute atomic E-state index is 10.4. The highest BCUT2D eigenvalue weighted by atomic mass is 16.4. The van der Waals surface area contributed by atoms with Crippen molar-refractivity contribution in [1.82, 2.24) is 4.57 Å². The average molecular weight is 551 g/mol. The summed E-state index contributed by atoms with van der Waals surface area (Å²) in [7, 11) is -1.57. The maximum Gasteiger partial charge on any atom is 0.488 e. The van der Waals surface area contributed by atoms with Crippen molar-refractivity contribution >= 4 is 55.9 Å². The van der Waals surface area contributed by atoms with Crippen molar-refractivity contribution in [3.8, 4) is 5.69 Å². The van der Waals surface area contributed by atoms with Crippen molar-refractivity contribution in [3.05, 3.63) is 168 Å². The van der Waals surface area contributed by atoms with E-state index in [4.69, 9.17) is 0 Å². The van der Waals surface area contributed by atoms with Gasteiger partial charge in [0.2, 0.25) is 0 Å². The Morgan fingerprint density at radius 1 is 0.488 bits per heavy atom. The third-order valence-corrected chi connectivity index (χ3v) is 9.40. The highest BCUT2D eigenvalue weighted by molar-refractivity contribution is 6.59. The van der Waals surface area contributed by atoms with Gasteiger partial charge in [0.15, 0.2) is 0 Å². The van der Waals surface area contributed by atoms with Gasteiger partial charge in [0, 0.05) is 16.5 Å². The minimum atomic E-state index is -1.57. The smallest absolute Gasteiger partial charge is 0.423 e. The molecule has 9 rings (SSSR count). The van der Waals surface area contributed by atoms with Crippen LogP contribution in [-0.4, -0.2) is 21.7 Å². The second kappa shape index (κ2) is 8.92. The molecule has 7 aromatic carbocycles. The van der Waals surface area contributed by atoms with Crippen LogP contribution in [0.25, 0.3) is 49.0 Å². The van der Waals surface area contributed by atoms with Gasteiger partial charge in [-0.3, -0.25) is 0 Å². The van der Waals surface area contributed by atoms with E-state index in [2.05, 4.69) is 138 Å². The Morgan fingerprint density at radius 3 is 1.53 bits per heavy atom. The van der Waals surface area contributed by atoms with Gasteiger partial charge in [-0.05, 0) is 73.5 Å². The van der Waals surface area contributed by atoms with E-state index >= 15 is 0 Å². The van der Waals surface area contributed by atoms with Crippen molar-refractivity contribution < 1.29 is 10.0 Å². The fourth-order valence-corrected chi connectivity index (χ4v) is 7.72. The van der Waals surface area contributed by atoms with E-state index in [1.165, 1.54) is 38.1 Å². The molecule has 0 saturated heterocycles. The van der Waals surface area contributed by atoms with E-state index in [1.54, 1.807) is 0 Å². The third kappa shape index (κ3) is 3.22. The Labute approximate surface area is 249 Å². The van der Waals surface area contributed by atoms with Crippen LogP contribution in [0.2, 0.25) is 0 Å². The molecule has 0 unspecified atom stereocenters. The number of hydrogen-bond donors (Lipinski definition) is 2. The van der Waals surface area contributed by atoms with Crippen molar-refractivity contribution in [2.45, 2.75) is 5.41 Å². The van der Waals surface area contributed by atoms with Gasteiger partial charge in [-0.25, -0.2) is 0 Å². The summed E-state index contributed by atoms with van der Waals surface area (Å²) in [5.41, 5.74) is 7.83. The molecule has 0 spiro atoms. The van der Waals surface area contributed by atoms with Crippen LogP contribution in [0.3, 0.4) is 0 Å². The van der Waals surface area contributed by atoms with Crippen molar-refractivity contribution in [1.29, 1.82) is 0 Å². The molecule has 3 nitrogen and oxygen atoms in total. The molecular weight excluding hydrogens is 525 g/mol. The number of para-hydroxylation sites is 2. The second-order valence-corrected chi connectivity index (χ2v) is 11.5. The fraction of sp³-hybridized carbons (Fsp3) is 0.0256. The lowest BCUT2D eigenvalue weighted by Crippen LogP contribution is -2.34. The summed E-state index contributed by atoms with van der Waals surface area (Å²) in [6.07, 6.45) is 0. The molecule has 1 aliphatic carbocycles. The molecule has 2 N–H and O–H groups in total. The maximum atomic E-state index is 10.4. The molecule has 4 heteroatoms. The molecule has 202 valence electrons. The Kier molecular flexibility index (Phi) is 5.07. The van der Waals surface area contributed by atoms with Gasteiger partial charge < -0.3 is 14.6 Å². The van der Waals surface area contributed by atoms with Crippen LogP contribution in [0, 0.1) is 0 Å². The van der Waals surface area contributed by atoms with E-state index in [0.717, 1.165) is 33.2 Å². The summed E-state index contributed by atoms with van der Waals surface area (Å²) in [4.78, 5) is 0. The van der Waals surface area contributed by atoms with Crippen LogP contribution in [-0.2, 0) is 5.41 Å². The molecule has 0 amide bonds. The minimum Gasteiger partial charge on any atom is -0.423 e. The summed E-state index contributed by atoms with van der Waals surface area (Å²) in [6.45, 7) is 0. The van der Waals surface area contributed by atoms with Crippen LogP contribution < -0.4 is 5.46 Å². The lowest BCUT2D eigenvalue weighted by molar-refractivity contribution is 0.425. The zero-order valence-corrected chi connectivity index (χ0v) is 23.3. The first-order chi connectivity index (χ1) is 21.2. The van der Waals surface area contributed by atoms with Crippen LogP contribution in [0.1, 0.15) is 22.3 Å². The molecule has 0 bridgehead atoms. The molecular formula is C39H26BNO2. The van der Waals surface area contributed by atoms with Gasteiger partial charge in [-0.2, -0.15) is 0 Å². The summed E-state index contributed by atoms with van der Waals surface area (Å²) >= 11 is 0. The lowest BCUT2D eigenvalue weighted by atomic mass is 9.66. The predicted molar refractivity (Wildman–Crippen MR) is 177 cm³/mol. The number of hydrogen-bond acceptors (Lipinski definition) is 2. The second-order valence-electron chi connectivity index (χ2n) is 11.5. The molecule has 0 fully saturated rings. The van der Waals surface area contributed by atoms with E-state index in [-0.39, 0.29) is 0 Å². The molecule has 0 radical (unpaired) electrons. The highest BCUT2D eigenvalue weighted by Crippen LogP contribution is 2.56. The summed E-state index contributed by atoms with van der Waals surface area (Å²) in [6, 6.07) is 51.4. The predicted octanol–water partition coefficient (Wildman–Crippen LogP) is 7.47. The summed E-state index contributed by atoms with van der Waals surface area (Å²) in [5.74, 6) is 0. The van der Waals surface area contributed by atoms with Gasteiger partial charge in [-0.1, -0.05) is 121 Å². The zero-order chi connectivity index (χ0) is 28.7. The van der Waals surface area contributed by atoms with Crippen molar-refractivity contribution in [2.75, 3.05) is 0 Å². The third-order valence-electron chi connectivity index (χ3n) is 9.40. The number of benzene rings is 7. The van der Waals surface area contributed by atoms with E-state index in [1.807, 2.05) is 12.1 Å². The van der Waals surface area contributed by atoms with Crippen LogP contribution in [0.5, 0.6) is 0 Å². The van der Waals surface area contributed by atoms with Gasteiger partial charge in [0.05, 0.1) is 16.4 Å². The Bertz CT molecular complexity index is 2280. The fourth-order valence-electron chi connectivity index (χ4n) is 7.72. The van der Waals surface area contributed by atoms with Crippen LogP contribution >= 0.6 is 0 Å². The molecule has 0 aliphatic heterocycles. The largest absolute Gasteiger partial charge is 0.488 e. The first kappa shape index (κ1) is 24.4. The van der Waals surface area contributed by atoms with Crippen LogP contribution in [0.4, 0.5) is 0 Å². The average Bonchev–Trinajstić information content (AvgIpc) is 3.55. The Morgan fingerprint density at radius 2 is 0.977 bits per heavy atom. The Hall–Kier alpha value is -5.16. The number of nitrogens with zero attached hydrogens (tertiary/aromatic N) is 1. The van der Waals surface area contributed by atoms with E-state index < -0.39 is 12.5 Å². The molecule has 1 aliphatic rings. The topological polar surface area (TPSA) is 45.4 Å². The quantitative estimate of drug-likeness (QED) is 0.176. The van der Waals surface area contributed by atoms with Gasteiger partial charge in [0.25, 0.3) is 0 Å². The van der Waals surface area contributed by atoms with Crippen molar-refractivity contribution in [2.24, 2.45) is 0 Å². The Balaban J connectivity index is 1.49. The number of fused-ring (bicyclic) bond motifs is 3. The van der Waals surface area contributed by atoms with Gasteiger partial charge in [0.1, 0.15) is 0 Å². The van der Waals surface area contributed by atoms with Crippen molar-refractivity contribution in [3.63, 3.8) is 0 Å². The first-order valence-corrected chi connectivity index (χ1v) is 14.7. The van der Waals surface area contributed by atoms with Gasteiger partial charge in [-0.15, -0.1) is 0 Å². The zero-order valence-electron chi connectivity index (χ0n) is 23.3. The number of aromatic nitrogens is 1. The summed E-state index contributed by atoms with van der Waals surface area (Å²) in [5, 5.41) is 27.8. The monoisotopic (exact) mass is 551 g/mol. The van der Waals surface area contributed by atoms with Crippen LogP contribution in [0.15, 0.2) is 146 Å². The molecule has 0 atom stereocenters. The van der Waals surface area contributed by atoms with Gasteiger partial charge >= 0.3 is 7.12 Å². The molecule has 43 heavy (non-hydrogen) atoms. The number of rotatable bonds is 4. The molecule has 0 saturated carbocycles. The van der Waals surface area contributed by atoms with E-state index in [0.29, 0.717) is 5.46 Å². The molecule has 1 aromatic heterocycles. The minimum absolute atomic E-state index is 0.494. The lowest BCUT2D eigenvalue weighted by Gasteiger charge is -2.34.